The van der Waals surface area contributed by atoms with Crippen LogP contribution in [0.1, 0.15) is 66.2 Å². The summed E-state index contributed by atoms with van der Waals surface area (Å²) in [5.74, 6) is 2.37. The highest BCUT2D eigenvalue weighted by molar-refractivity contribution is 6.17. The van der Waals surface area contributed by atoms with Gasteiger partial charge in [-0.05, 0) is 37.5 Å². The largest absolute Gasteiger partial charge is 0.392 e. The summed E-state index contributed by atoms with van der Waals surface area (Å²) in [7, 11) is 0. The van der Waals surface area contributed by atoms with Crippen LogP contribution in [-0.2, 0) is 9.68 Å². The zero-order valence-corrected chi connectivity index (χ0v) is 14.9. The van der Waals surface area contributed by atoms with E-state index in [1.54, 1.807) is 0 Å². The molecular weight excluding hydrogens is 288 g/mol. The van der Waals surface area contributed by atoms with Crippen molar-refractivity contribution in [3.8, 4) is 0 Å². The maximum atomic E-state index is 5.85. The molecule has 2 fully saturated rings. The summed E-state index contributed by atoms with van der Waals surface area (Å²) in [6.45, 7) is 9.07. The van der Waals surface area contributed by atoms with Crippen molar-refractivity contribution >= 4 is 11.4 Å². The quantitative estimate of drug-likeness (QED) is 0.771. The second-order valence-corrected chi connectivity index (χ2v) is 7.94. The molecule has 0 aromatic carbocycles. The number of rotatable bonds is 4. The fraction of sp³-hybridized carbons (Fsp3) is 0.895. The molecule has 2 heterocycles. The molecule has 0 saturated heterocycles. The first-order chi connectivity index (χ1) is 11.2. The van der Waals surface area contributed by atoms with Gasteiger partial charge in [0.05, 0.1) is 16.8 Å². The fourth-order valence-corrected chi connectivity index (χ4v) is 5.96. The Morgan fingerprint density at radius 2 is 1.22 bits per heavy atom. The molecule has 23 heavy (non-hydrogen) atoms. The molecule has 6 atom stereocenters. The van der Waals surface area contributed by atoms with E-state index >= 15 is 0 Å². The van der Waals surface area contributed by atoms with Gasteiger partial charge in [0, 0.05) is 11.8 Å². The first-order valence-electron chi connectivity index (χ1n) is 9.68. The smallest absolute Gasteiger partial charge is 0.135 e. The minimum Gasteiger partial charge on any atom is -0.392 e. The van der Waals surface area contributed by atoms with Crippen molar-refractivity contribution in [1.82, 2.24) is 0 Å². The maximum Gasteiger partial charge on any atom is 0.135 e. The predicted octanol–water partition coefficient (Wildman–Crippen LogP) is 4.39. The molecular formula is C19H30N2O2. The third-order valence-corrected chi connectivity index (χ3v) is 7.08. The molecule has 4 aliphatic rings. The first-order valence-corrected chi connectivity index (χ1v) is 9.68. The molecule has 1 spiro atoms. The highest BCUT2D eigenvalue weighted by Crippen LogP contribution is 2.61. The van der Waals surface area contributed by atoms with Gasteiger partial charge in [-0.2, -0.15) is 0 Å². The van der Waals surface area contributed by atoms with Gasteiger partial charge in [0.1, 0.15) is 12.2 Å². The van der Waals surface area contributed by atoms with Crippen LogP contribution in [0.4, 0.5) is 0 Å². The van der Waals surface area contributed by atoms with Crippen LogP contribution in [0.25, 0.3) is 0 Å². The van der Waals surface area contributed by atoms with Gasteiger partial charge in [-0.15, -0.1) is 0 Å². The Balaban J connectivity index is 1.74. The molecule has 4 rings (SSSR count). The maximum absolute atomic E-state index is 5.85. The summed E-state index contributed by atoms with van der Waals surface area (Å²) >= 11 is 0. The number of oxime groups is 2. The highest BCUT2D eigenvalue weighted by Gasteiger charge is 2.66. The van der Waals surface area contributed by atoms with Crippen LogP contribution in [0.15, 0.2) is 10.3 Å². The molecule has 0 amide bonds. The summed E-state index contributed by atoms with van der Waals surface area (Å²) < 4.78 is 0. The normalized spacial score (nSPS) is 47.1. The average molecular weight is 318 g/mol. The van der Waals surface area contributed by atoms with Gasteiger partial charge >= 0.3 is 0 Å². The van der Waals surface area contributed by atoms with Crippen LogP contribution in [0.5, 0.6) is 0 Å². The summed E-state index contributed by atoms with van der Waals surface area (Å²) in [4.78, 5) is 11.7. The van der Waals surface area contributed by atoms with E-state index in [4.69, 9.17) is 9.68 Å². The van der Waals surface area contributed by atoms with Gasteiger partial charge in [-0.25, -0.2) is 0 Å². The van der Waals surface area contributed by atoms with Crippen LogP contribution in [0, 0.1) is 29.1 Å². The summed E-state index contributed by atoms with van der Waals surface area (Å²) in [6.07, 6.45) is 7.47. The lowest BCUT2D eigenvalue weighted by molar-refractivity contribution is 0.0384. The Labute approximate surface area is 139 Å². The Morgan fingerprint density at radius 1 is 0.783 bits per heavy atom. The predicted molar refractivity (Wildman–Crippen MR) is 91.4 cm³/mol. The van der Waals surface area contributed by atoms with E-state index in [0.29, 0.717) is 23.7 Å². The third kappa shape index (κ3) is 1.90. The molecule has 0 bridgehead atoms. The zero-order chi connectivity index (χ0) is 16.2. The number of fused-ring (bicyclic) bond motifs is 4. The zero-order valence-electron chi connectivity index (χ0n) is 14.9. The van der Waals surface area contributed by atoms with Crippen LogP contribution < -0.4 is 0 Å². The first kappa shape index (κ1) is 15.5. The molecule has 4 unspecified atom stereocenters. The molecule has 0 N–H and O–H groups in total. The van der Waals surface area contributed by atoms with Crippen molar-refractivity contribution in [2.24, 2.45) is 39.4 Å². The lowest BCUT2D eigenvalue weighted by Crippen LogP contribution is -2.35. The van der Waals surface area contributed by atoms with Crippen molar-refractivity contribution in [1.29, 1.82) is 0 Å². The summed E-state index contributed by atoms with van der Waals surface area (Å²) in [5, 5.41) is 9.29. The van der Waals surface area contributed by atoms with Gasteiger partial charge in [0.15, 0.2) is 0 Å². The third-order valence-electron chi connectivity index (χ3n) is 7.08. The van der Waals surface area contributed by atoms with E-state index in [0.717, 1.165) is 12.8 Å². The van der Waals surface area contributed by atoms with Crippen LogP contribution in [-0.4, -0.2) is 23.6 Å². The lowest BCUT2D eigenvalue weighted by atomic mass is 9.78. The molecule has 2 saturated carbocycles. The van der Waals surface area contributed by atoms with Gasteiger partial charge in [0.2, 0.25) is 0 Å². The van der Waals surface area contributed by atoms with Crippen molar-refractivity contribution in [2.45, 2.75) is 78.4 Å². The van der Waals surface area contributed by atoms with Crippen LogP contribution in [0.2, 0.25) is 0 Å². The second-order valence-electron chi connectivity index (χ2n) is 7.94. The van der Waals surface area contributed by atoms with E-state index in [-0.39, 0.29) is 17.6 Å². The summed E-state index contributed by atoms with van der Waals surface area (Å²) in [5.41, 5.74) is 2.68. The fourth-order valence-electron chi connectivity index (χ4n) is 5.96. The molecule has 0 radical (unpaired) electrons. The Hall–Kier alpha value is -1.06. The lowest BCUT2D eigenvalue weighted by Gasteiger charge is -2.23. The van der Waals surface area contributed by atoms with E-state index in [1.807, 2.05) is 0 Å². The SMILES string of the molecule is CCC1CC2(CC(CC)[C@H]3C2=NOC3CC)C2=NOC(CC)[C@H]21. The Morgan fingerprint density at radius 3 is 1.57 bits per heavy atom. The molecule has 128 valence electrons. The van der Waals surface area contributed by atoms with Crippen molar-refractivity contribution < 1.29 is 9.68 Å². The van der Waals surface area contributed by atoms with Gasteiger partial charge in [-0.1, -0.05) is 50.8 Å². The topological polar surface area (TPSA) is 43.2 Å². The van der Waals surface area contributed by atoms with Crippen molar-refractivity contribution in [2.75, 3.05) is 0 Å². The van der Waals surface area contributed by atoms with Crippen LogP contribution >= 0.6 is 0 Å². The van der Waals surface area contributed by atoms with Gasteiger partial charge < -0.3 is 9.68 Å². The van der Waals surface area contributed by atoms with Crippen molar-refractivity contribution in [3.05, 3.63) is 0 Å². The second kappa shape index (κ2) is 5.49. The van der Waals surface area contributed by atoms with E-state index in [2.05, 4.69) is 38.0 Å². The van der Waals surface area contributed by atoms with Gasteiger partial charge in [0.25, 0.3) is 0 Å². The summed E-state index contributed by atoms with van der Waals surface area (Å²) in [6, 6.07) is 0. The molecule has 0 aromatic heterocycles. The molecule has 4 nitrogen and oxygen atoms in total. The van der Waals surface area contributed by atoms with Crippen molar-refractivity contribution in [3.63, 3.8) is 0 Å². The number of hydrogen-bond donors (Lipinski definition) is 0. The molecule has 2 aliphatic carbocycles. The standard InChI is InChI=1S/C19H30N2O2/c1-5-11-9-19(17-15(11)13(7-3)22-20-17)10-12(6-2)16-14(8-4)23-21-18(16)19/h11-16H,5-10H2,1-4H3/t11?,12?,13?,14?,15-,16-,19?/m1/s1. The Bertz CT molecular complexity index is 493. The average Bonchev–Trinajstić information content (AvgIpc) is 3.29. The van der Waals surface area contributed by atoms with Gasteiger partial charge in [-0.3, -0.25) is 0 Å². The van der Waals surface area contributed by atoms with Crippen LogP contribution in [0.3, 0.4) is 0 Å². The van der Waals surface area contributed by atoms with E-state index < -0.39 is 0 Å². The van der Waals surface area contributed by atoms with E-state index in [1.165, 1.54) is 37.1 Å². The molecule has 4 heteroatoms. The minimum atomic E-state index is 0.0462. The minimum absolute atomic E-state index is 0.0462. The van der Waals surface area contributed by atoms with E-state index in [9.17, 15) is 0 Å². The Kier molecular flexibility index (Phi) is 3.69. The number of hydrogen-bond acceptors (Lipinski definition) is 4. The molecule has 0 aromatic rings. The monoisotopic (exact) mass is 318 g/mol. The highest BCUT2D eigenvalue weighted by atomic mass is 16.6. The molecule has 2 aliphatic heterocycles. The number of nitrogens with zero attached hydrogens (tertiary/aromatic N) is 2.